The Morgan fingerprint density at radius 3 is 2.61 bits per heavy atom. The zero-order valence-electron chi connectivity index (χ0n) is 13.4. The lowest BCUT2D eigenvalue weighted by atomic mass is 10.1. The van der Waals surface area contributed by atoms with E-state index in [0.29, 0.717) is 17.5 Å². The fraction of sp³-hybridized carbons (Fsp3) is 0.263. The van der Waals surface area contributed by atoms with E-state index in [1.165, 1.54) is 5.56 Å². The molecule has 0 saturated heterocycles. The Labute approximate surface area is 141 Å². The van der Waals surface area contributed by atoms with Crippen LogP contribution in [-0.4, -0.2) is 16.0 Å². The summed E-state index contributed by atoms with van der Waals surface area (Å²) in [5, 5.41) is 5.18. The third kappa shape index (κ3) is 3.80. The Morgan fingerprint density at radius 2 is 1.87 bits per heavy atom. The Morgan fingerprint density at radius 1 is 1.09 bits per heavy atom. The topological polar surface area (TPSA) is 37.8 Å². The third-order valence-corrected chi connectivity index (χ3v) is 4.14. The molecule has 4 heteroatoms. The van der Waals surface area contributed by atoms with Gasteiger partial charge in [-0.3, -0.25) is 0 Å². The van der Waals surface area contributed by atoms with Gasteiger partial charge in [-0.2, -0.15) is 0 Å². The molecule has 0 unspecified atom stereocenters. The van der Waals surface area contributed by atoms with Crippen molar-refractivity contribution < 1.29 is 0 Å². The van der Waals surface area contributed by atoms with E-state index in [1.54, 1.807) is 0 Å². The number of hydrogen-bond donors (Lipinski definition) is 1. The monoisotopic (exact) mass is 325 g/mol. The fourth-order valence-corrected chi connectivity index (χ4v) is 2.62. The quantitative estimate of drug-likeness (QED) is 0.710. The van der Waals surface area contributed by atoms with Gasteiger partial charge in [0.25, 0.3) is 0 Å². The number of rotatable bonds is 5. The van der Waals surface area contributed by atoms with Crippen molar-refractivity contribution in [3.8, 4) is 0 Å². The molecule has 0 aliphatic rings. The van der Waals surface area contributed by atoms with E-state index in [4.69, 9.17) is 16.6 Å². The van der Waals surface area contributed by atoms with Crippen LogP contribution < -0.4 is 5.32 Å². The van der Waals surface area contributed by atoms with Gasteiger partial charge in [0.15, 0.2) is 0 Å². The molecule has 0 amide bonds. The molecule has 2 aromatic carbocycles. The molecule has 3 rings (SSSR count). The second-order valence-electron chi connectivity index (χ2n) is 5.77. The number of nitrogens with zero attached hydrogens (tertiary/aromatic N) is 2. The molecule has 0 saturated carbocycles. The van der Waals surface area contributed by atoms with Crippen LogP contribution in [0.3, 0.4) is 0 Å². The van der Waals surface area contributed by atoms with E-state index >= 15 is 0 Å². The number of fused-ring (bicyclic) bond motifs is 1. The van der Waals surface area contributed by atoms with Gasteiger partial charge >= 0.3 is 0 Å². The van der Waals surface area contributed by atoms with Crippen molar-refractivity contribution in [2.24, 2.45) is 0 Å². The van der Waals surface area contributed by atoms with Gasteiger partial charge in [0, 0.05) is 22.9 Å². The van der Waals surface area contributed by atoms with Gasteiger partial charge in [0.05, 0.1) is 5.52 Å². The van der Waals surface area contributed by atoms with Crippen LogP contribution in [0.2, 0.25) is 5.02 Å². The molecule has 0 fully saturated rings. The summed E-state index contributed by atoms with van der Waals surface area (Å²) >= 11 is 6.14. The van der Waals surface area contributed by atoms with Crippen LogP contribution >= 0.6 is 11.6 Å². The van der Waals surface area contributed by atoms with Crippen molar-refractivity contribution in [1.29, 1.82) is 0 Å². The van der Waals surface area contributed by atoms with Gasteiger partial charge in [-0.1, -0.05) is 48.9 Å². The maximum atomic E-state index is 6.14. The number of hydrogen-bond acceptors (Lipinski definition) is 3. The molecule has 1 heterocycles. The van der Waals surface area contributed by atoms with Gasteiger partial charge < -0.3 is 5.32 Å². The molecule has 1 aromatic heterocycles. The highest BCUT2D eigenvalue weighted by molar-refractivity contribution is 6.31. The summed E-state index contributed by atoms with van der Waals surface area (Å²) in [5.41, 5.74) is 2.08. The van der Waals surface area contributed by atoms with Crippen LogP contribution in [0.25, 0.3) is 10.9 Å². The predicted molar refractivity (Wildman–Crippen MR) is 97.2 cm³/mol. The second-order valence-corrected chi connectivity index (χ2v) is 6.20. The first-order chi connectivity index (χ1) is 11.2. The SMILES string of the molecule is CC[C@H](C)Nc1nc(Cc2ccccc2)nc2cc(Cl)ccc12. The van der Waals surface area contributed by atoms with Gasteiger partial charge in [0.2, 0.25) is 0 Å². The van der Waals surface area contributed by atoms with Crippen LogP contribution in [0.1, 0.15) is 31.7 Å². The summed E-state index contributed by atoms with van der Waals surface area (Å²) in [6.07, 6.45) is 1.74. The highest BCUT2D eigenvalue weighted by Crippen LogP contribution is 2.25. The highest BCUT2D eigenvalue weighted by atomic mass is 35.5. The van der Waals surface area contributed by atoms with Crippen molar-refractivity contribution >= 4 is 28.3 Å². The predicted octanol–water partition coefficient (Wildman–Crippen LogP) is 5.08. The van der Waals surface area contributed by atoms with Crippen LogP contribution in [-0.2, 0) is 6.42 Å². The summed E-state index contributed by atoms with van der Waals surface area (Å²) in [5.74, 6) is 1.68. The molecular weight excluding hydrogens is 306 g/mol. The molecule has 0 spiro atoms. The summed E-state index contributed by atoms with van der Waals surface area (Å²) in [6.45, 7) is 4.31. The normalized spacial score (nSPS) is 12.3. The number of halogens is 1. The first-order valence-corrected chi connectivity index (χ1v) is 8.30. The number of aromatic nitrogens is 2. The minimum Gasteiger partial charge on any atom is -0.367 e. The van der Waals surface area contributed by atoms with Crippen molar-refractivity contribution in [1.82, 2.24) is 9.97 Å². The average Bonchev–Trinajstić information content (AvgIpc) is 2.55. The maximum Gasteiger partial charge on any atom is 0.137 e. The lowest BCUT2D eigenvalue weighted by molar-refractivity contribution is 0.758. The minimum atomic E-state index is 0.355. The smallest absolute Gasteiger partial charge is 0.137 e. The first-order valence-electron chi connectivity index (χ1n) is 7.92. The Balaban J connectivity index is 2.04. The molecule has 0 aliphatic heterocycles. The van der Waals surface area contributed by atoms with Crippen molar-refractivity contribution in [2.45, 2.75) is 32.7 Å². The number of anilines is 1. The van der Waals surface area contributed by atoms with Crippen LogP contribution in [0.4, 0.5) is 5.82 Å². The van der Waals surface area contributed by atoms with Crippen molar-refractivity contribution in [3.63, 3.8) is 0 Å². The van der Waals surface area contributed by atoms with Crippen molar-refractivity contribution in [2.75, 3.05) is 5.32 Å². The van der Waals surface area contributed by atoms with Gasteiger partial charge in [-0.05, 0) is 37.1 Å². The van der Waals surface area contributed by atoms with E-state index in [1.807, 2.05) is 36.4 Å². The Kier molecular flexibility index (Phi) is 4.77. The molecule has 3 aromatic rings. The maximum absolute atomic E-state index is 6.14. The molecule has 0 aliphatic carbocycles. The van der Waals surface area contributed by atoms with E-state index in [-0.39, 0.29) is 0 Å². The highest BCUT2D eigenvalue weighted by Gasteiger charge is 2.10. The third-order valence-electron chi connectivity index (χ3n) is 3.91. The zero-order chi connectivity index (χ0) is 16.2. The summed E-state index contributed by atoms with van der Waals surface area (Å²) in [6, 6.07) is 16.4. The Hall–Kier alpha value is -2.13. The van der Waals surface area contributed by atoms with Crippen LogP contribution in [0.5, 0.6) is 0 Å². The van der Waals surface area contributed by atoms with E-state index in [9.17, 15) is 0 Å². The molecule has 1 atom stereocenters. The second kappa shape index (κ2) is 6.97. The van der Waals surface area contributed by atoms with Gasteiger partial charge in [0.1, 0.15) is 11.6 Å². The first kappa shape index (κ1) is 15.8. The molecule has 3 nitrogen and oxygen atoms in total. The summed E-state index contributed by atoms with van der Waals surface area (Å²) in [7, 11) is 0. The largest absolute Gasteiger partial charge is 0.367 e. The molecule has 118 valence electrons. The van der Waals surface area contributed by atoms with Crippen LogP contribution in [0.15, 0.2) is 48.5 Å². The zero-order valence-corrected chi connectivity index (χ0v) is 14.1. The fourth-order valence-electron chi connectivity index (χ4n) is 2.45. The molecule has 23 heavy (non-hydrogen) atoms. The lowest BCUT2D eigenvalue weighted by Gasteiger charge is -2.15. The molecular formula is C19H20ClN3. The van der Waals surface area contributed by atoms with Gasteiger partial charge in [-0.25, -0.2) is 9.97 Å². The standard InChI is InChI=1S/C19H20ClN3/c1-3-13(2)21-19-16-10-9-15(20)12-17(16)22-18(23-19)11-14-7-5-4-6-8-14/h4-10,12-13H,3,11H2,1-2H3,(H,21,22,23)/t13-/m0/s1. The van der Waals surface area contributed by atoms with E-state index in [2.05, 4.69) is 36.3 Å². The minimum absolute atomic E-state index is 0.355. The number of benzene rings is 2. The molecule has 0 bridgehead atoms. The lowest BCUT2D eigenvalue weighted by Crippen LogP contribution is -2.16. The molecule has 1 N–H and O–H groups in total. The van der Waals surface area contributed by atoms with E-state index < -0.39 is 0 Å². The summed E-state index contributed by atoms with van der Waals surface area (Å²) in [4.78, 5) is 9.44. The van der Waals surface area contributed by atoms with Crippen molar-refractivity contribution in [3.05, 3.63) is 64.9 Å². The average molecular weight is 326 g/mol. The Bertz CT molecular complexity index is 802. The number of nitrogens with one attached hydrogen (secondary N) is 1. The van der Waals surface area contributed by atoms with E-state index in [0.717, 1.165) is 29.0 Å². The van der Waals surface area contributed by atoms with Gasteiger partial charge in [-0.15, -0.1) is 0 Å². The summed E-state index contributed by atoms with van der Waals surface area (Å²) < 4.78 is 0. The molecule has 0 radical (unpaired) electrons. The van der Waals surface area contributed by atoms with Crippen LogP contribution in [0, 0.1) is 0 Å².